The van der Waals surface area contributed by atoms with Crippen LogP contribution in [0.2, 0.25) is 0 Å². The third kappa shape index (κ3) is 3.07. The molecule has 0 aliphatic heterocycles. The predicted octanol–water partition coefficient (Wildman–Crippen LogP) is 1.78. The van der Waals surface area contributed by atoms with E-state index in [9.17, 15) is 0 Å². The number of nitrogens with two attached hydrogens (primary N) is 1. The van der Waals surface area contributed by atoms with Gasteiger partial charge in [-0.1, -0.05) is 12.1 Å². The summed E-state index contributed by atoms with van der Waals surface area (Å²) in [7, 11) is 2.10. The molecule has 2 N–H and O–H groups in total. The summed E-state index contributed by atoms with van der Waals surface area (Å²) in [6.45, 7) is 3.90. The lowest BCUT2D eigenvalue weighted by Gasteiger charge is -2.19. The van der Waals surface area contributed by atoms with E-state index in [0.29, 0.717) is 0 Å². The van der Waals surface area contributed by atoms with E-state index >= 15 is 0 Å². The molecular formula is C11H18N2. The number of anilines is 1. The molecule has 0 unspecified atom stereocenters. The van der Waals surface area contributed by atoms with Gasteiger partial charge in [0.15, 0.2) is 0 Å². The van der Waals surface area contributed by atoms with Gasteiger partial charge >= 0.3 is 0 Å². The first-order chi connectivity index (χ1) is 6.24. The Morgan fingerprint density at radius 1 is 1.38 bits per heavy atom. The van der Waals surface area contributed by atoms with Crippen molar-refractivity contribution in [3.05, 3.63) is 29.8 Å². The Hall–Kier alpha value is -1.02. The molecule has 0 amide bonds. The molecule has 0 fully saturated rings. The van der Waals surface area contributed by atoms with Gasteiger partial charge in [0.2, 0.25) is 0 Å². The van der Waals surface area contributed by atoms with Gasteiger partial charge in [-0.25, -0.2) is 0 Å². The zero-order valence-corrected chi connectivity index (χ0v) is 8.46. The van der Waals surface area contributed by atoms with Gasteiger partial charge < -0.3 is 10.6 Å². The van der Waals surface area contributed by atoms with Crippen LogP contribution in [0.3, 0.4) is 0 Å². The molecule has 0 spiro atoms. The molecule has 0 heterocycles. The highest BCUT2D eigenvalue weighted by atomic mass is 15.1. The van der Waals surface area contributed by atoms with E-state index in [4.69, 9.17) is 5.73 Å². The zero-order valence-electron chi connectivity index (χ0n) is 8.46. The fourth-order valence-electron chi connectivity index (χ4n) is 1.32. The number of nitrogens with zero attached hydrogens (tertiary/aromatic N) is 1. The Bertz CT molecular complexity index is 258. The predicted molar refractivity (Wildman–Crippen MR) is 58.1 cm³/mol. The van der Waals surface area contributed by atoms with Crippen LogP contribution in [0.15, 0.2) is 24.3 Å². The summed E-state index contributed by atoms with van der Waals surface area (Å²) in [6, 6.07) is 8.52. The normalized spacial score (nSPS) is 10.1. The molecule has 1 aromatic rings. The van der Waals surface area contributed by atoms with E-state index in [1.165, 1.54) is 11.3 Å². The first kappa shape index (κ1) is 10.1. The number of hydrogen-bond acceptors (Lipinski definition) is 2. The molecule has 0 saturated heterocycles. The first-order valence-corrected chi connectivity index (χ1v) is 4.72. The number of benzene rings is 1. The Balaban J connectivity index is 2.60. The molecule has 2 nitrogen and oxygen atoms in total. The number of hydrogen-bond donors (Lipinski definition) is 1. The summed E-state index contributed by atoms with van der Waals surface area (Å²) in [6.07, 6.45) is 1.05. The van der Waals surface area contributed by atoms with Crippen LogP contribution in [-0.2, 0) is 0 Å². The van der Waals surface area contributed by atoms with Gasteiger partial charge in [-0.3, -0.25) is 0 Å². The molecule has 0 bridgehead atoms. The zero-order chi connectivity index (χ0) is 9.68. The van der Waals surface area contributed by atoms with Crippen LogP contribution in [0.5, 0.6) is 0 Å². The van der Waals surface area contributed by atoms with Crippen LogP contribution < -0.4 is 10.6 Å². The second-order valence-electron chi connectivity index (χ2n) is 3.40. The van der Waals surface area contributed by atoms with E-state index in [0.717, 1.165) is 19.5 Å². The van der Waals surface area contributed by atoms with Gasteiger partial charge in [0.1, 0.15) is 0 Å². The van der Waals surface area contributed by atoms with Gasteiger partial charge in [0.05, 0.1) is 0 Å². The lowest BCUT2D eigenvalue weighted by atomic mass is 10.2. The number of aryl methyl sites for hydroxylation is 1. The van der Waals surface area contributed by atoms with Crippen molar-refractivity contribution in [1.82, 2.24) is 0 Å². The third-order valence-corrected chi connectivity index (χ3v) is 2.14. The van der Waals surface area contributed by atoms with Crippen molar-refractivity contribution in [2.24, 2.45) is 5.73 Å². The highest BCUT2D eigenvalue weighted by Crippen LogP contribution is 2.13. The van der Waals surface area contributed by atoms with Gasteiger partial charge in [-0.2, -0.15) is 0 Å². The average Bonchev–Trinajstić information content (AvgIpc) is 2.14. The molecule has 13 heavy (non-hydrogen) atoms. The van der Waals surface area contributed by atoms with Gasteiger partial charge in [-0.05, 0) is 37.6 Å². The molecule has 1 aromatic carbocycles. The van der Waals surface area contributed by atoms with Gasteiger partial charge in [-0.15, -0.1) is 0 Å². The molecule has 1 rings (SSSR count). The van der Waals surface area contributed by atoms with Crippen molar-refractivity contribution >= 4 is 5.69 Å². The highest BCUT2D eigenvalue weighted by Gasteiger charge is 1.98. The summed E-state index contributed by atoms with van der Waals surface area (Å²) in [5.74, 6) is 0. The topological polar surface area (TPSA) is 29.3 Å². The van der Waals surface area contributed by atoms with Crippen molar-refractivity contribution in [3.63, 3.8) is 0 Å². The molecule has 2 heteroatoms. The van der Waals surface area contributed by atoms with Crippen LogP contribution >= 0.6 is 0 Å². The Kier molecular flexibility index (Phi) is 3.77. The lowest BCUT2D eigenvalue weighted by Crippen LogP contribution is -2.20. The van der Waals surface area contributed by atoms with Crippen LogP contribution in [0, 0.1) is 6.92 Å². The SMILES string of the molecule is Cc1cccc(N(C)CCCN)c1. The van der Waals surface area contributed by atoms with E-state index in [1.807, 2.05) is 0 Å². The Morgan fingerprint density at radius 3 is 2.77 bits per heavy atom. The van der Waals surface area contributed by atoms with Crippen molar-refractivity contribution in [3.8, 4) is 0 Å². The van der Waals surface area contributed by atoms with Crippen molar-refractivity contribution in [2.75, 3.05) is 25.0 Å². The molecule has 0 aliphatic carbocycles. The molecular weight excluding hydrogens is 160 g/mol. The first-order valence-electron chi connectivity index (χ1n) is 4.72. The highest BCUT2D eigenvalue weighted by molar-refractivity contribution is 5.47. The Morgan fingerprint density at radius 2 is 2.15 bits per heavy atom. The van der Waals surface area contributed by atoms with Crippen LogP contribution in [-0.4, -0.2) is 20.1 Å². The maximum atomic E-state index is 5.46. The minimum Gasteiger partial charge on any atom is -0.375 e. The fourth-order valence-corrected chi connectivity index (χ4v) is 1.32. The second-order valence-corrected chi connectivity index (χ2v) is 3.40. The van der Waals surface area contributed by atoms with Gasteiger partial charge in [0, 0.05) is 19.3 Å². The average molecular weight is 178 g/mol. The van der Waals surface area contributed by atoms with Gasteiger partial charge in [0.25, 0.3) is 0 Å². The van der Waals surface area contributed by atoms with Crippen molar-refractivity contribution in [1.29, 1.82) is 0 Å². The summed E-state index contributed by atoms with van der Waals surface area (Å²) in [5.41, 5.74) is 8.03. The van der Waals surface area contributed by atoms with E-state index < -0.39 is 0 Å². The standard InChI is InChI=1S/C11H18N2/c1-10-5-3-6-11(9-10)13(2)8-4-7-12/h3,5-6,9H,4,7-8,12H2,1-2H3. The summed E-state index contributed by atoms with van der Waals surface area (Å²) < 4.78 is 0. The Labute approximate surface area is 80.4 Å². The summed E-state index contributed by atoms with van der Waals surface area (Å²) in [4.78, 5) is 2.24. The molecule has 0 aliphatic rings. The van der Waals surface area contributed by atoms with E-state index in [2.05, 4.69) is 43.1 Å². The molecule has 0 radical (unpaired) electrons. The maximum absolute atomic E-state index is 5.46. The minimum absolute atomic E-state index is 0.760. The second kappa shape index (κ2) is 4.87. The van der Waals surface area contributed by atoms with Crippen molar-refractivity contribution in [2.45, 2.75) is 13.3 Å². The largest absolute Gasteiger partial charge is 0.375 e. The van der Waals surface area contributed by atoms with E-state index in [1.54, 1.807) is 0 Å². The molecule has 0 aromatic heterocycles. The smallest absolute Gasteiger partial charge is 0.0366 e. The summed E-state index contributed by atoms with van der Waals surface area (Å²) in [5, 5.41) is 0. The summed E-state index contributed by atoms with van der Waals surface area (Å²) >= 11 is 0. The van der Waals surface area contributed by atoms with Crippen molar-refractivity contribution < 1.29 is 0 Å². The maximum Gasteiger partial charge on any atom is 0.0366 e. The third-order valence-electron chi connectivity index (χ3n) is 2.14. The quantitative estimate of drug-likeness (QED) is 0.761. The lowest BCUT2D eigenvalue weighted by molar-refractivity contribution is 0.795. The molecule has 0 saturated carbocycles. The van der Waals surface area contributed by atoms with E-state index in [-0.39, 0.29) is 0 Å². The van der Waals surface area contributed by atoms with Crippen LogP contribution in [0.1, 0.15) is 12.0 Å². The van der Waals surface area contributed by atoms with Crippen LogP contribution in [0.4, 0.5) is 5.69 Å². The number of rotatable bonds is 4. The molecule has 0 atom stereocenters. The molecule has 72 valence electrons. The monoisotopic (exact) mass is 178 g/mol. The minimum atomic E-state index is 0.760. The fraction of sp³-hybridized carbons (Fsp3) is 0.455. The van der Waals surface area contributed by atoms with Crippen LogP contribution in [0.25, 0.3) is 0 Å².